The molecule has 100 valence electrons. The Bertz CT molecular complexity index is 246. The molecule has 0 radical (unpaired) electrons. The summed E-state index contributed by atoms with van der Waals surface area (Å²) in [5.74, 6) is -0.905. The Morgan fingerprint density at radius 3 is 2.59 bits per heavy atom. The summed E-state index contributed by atoms with van der Waals surface area (Å²) in [5.41, 5.74) is 0. The first-order chi connectivity index (χ1) is 8.04. The van der Waals surface area contributed by atoms with E-state index >= 15 is 0 Å². The molecule has 0 saturated carbocycles. The molecule has 1 aliphatic heterocycles. The van der Waals surface area contributed by atoms with Crippen LogP contribution in [0.1, 0.15) is 33.1 Å². The molecule has 0 aromatic carbocycles. The number of carboxylic acids is 1. The molecule has 0 aromatic rings. The van der Waals surface area contributed by atoms with Crippen LogP contribution in [0.4, 0.5) is 0 Å². The van der Waals surface area contributed by atoms with Gasteiger partial charge in [0.05, 0.1) is 5.92 Å². The molecular weight excluding hydrogens is 216 g/mol. The zero-order chi connectivity index (χ0) is 12.8. The van der Waals surface area contributed by atoms with Gasteiger partial charge < -0.3 is 10.0 Å². The minimum absolute atomic E-state index is 0.244. The largest absolute Gasteiger partial charge is 0.481 e. The Labute approximate surface area is 105 Å². The Hall–Kier alpha value is -0.610. The van der Waals surface area contributed by atoms with Crippen LogP contribution in [0.3, 0.4) is 0 Å². The lowest BCUT2D eigenvalue weighted by molar-refractivity contribution is -0.142. The summed E-state index contributed by atoms with van der Waals surface area (Å²) in [6.07, 6.45) is 3.62. The summed E-state index contributed by atoms with van der Waals surface area (Å²) in [6, 6.07) is 0.459. The van der Waals surface area contributed by atoms with E-state index in [1.807, 2.05) is 7.05 Å². The highest BCUT2D eigenvalue weighted by atomic mass is 16.4. The number of aliphatic carboxylic acids is 1. The lowest BCUT2D eigenvalue weighted by Gasteiger charge is -2.28. The van der Waals surface area contributed by atoms with Gasteiger partial charge in [-0.3, -0.25) is 9.69 Å². The number of hydrogen-bond donors (Lipinski definition) is 1. The fraction of sp³-hybridized carbons (Fsp3) is 0.923. The lowest BCUT2D eigenvalue weighted by Crippen LogP contribution is -2.39. The van der Waals surface area contributed by atoms with E-state index < -0.39 is 5.97 Å². The fourth-order valence-corrected chi connectivity index (χ4v) is 2.57. The van der Waals surface area contributed by atoms with E-state index in [1.165, 1.54) is 19.3 Å². The Morgan fingerprint density at radius 1 is 1.29 bits per heavy atom. The molecule has 2 unspecified atom stereocenters. The van der Waals surface area contributed by atoms with Crippen LogP contribution < -0.4 is 0 Å². The highest BCUT2D eigenvalue weighted by molar-refractivity contribution is 5.70. The first-order valence-corrected chi connectivity index (χ1v) is 6.70. The van der Waals surface area contributed by atoms with Gasteiger partial charge in [-0.2, -0.15) is 0 Å². The smallest absolute Gasteiger partial charge is 0.309 e. The summed E-state index contributed by atoms with van der Waals surface area (Å²) >= 11 is 0. The van der Waals surface area contributed by atoms with Crippen LogP contribution >= 0.6 is 0 Å². The van der Waals surface area contributed by atoms with Crippen molar-refractivity contribution in [3.63, 3.8) is 0 Å². The minimum Gasteiger partial charge on any atom is -0.481 e. The lowest BCUT2D eigenvalue weighted by atomic mass is 10.1. The Kier molecular flexibility index (Phi) is 5.92. The third kappa shape index (κ3) is 4.64. The summed E-state index contributed by atoms with van der Waals surface area (Å²) in [5, 5.41) is 9.20. The second kappa shape index (κ2) is 6.97. The van der Waals surface area contributed by atoms with Crippen molar-refractivity contribution in [3.05, 3.63) is 0 Å². The highest BCUT2D eigenvalue weighted by Crippen LogP contribution is 2.14. The van der Waals surface area contributed by atoms with Crippen LogP contribution in [-0.4, -0.2) is 60.1 Å². The van der Waals surface area contributed by atoms with E-state index in [9.17, 15) is 9.90 Å². The summed E-state index contributed by atoms with van der Waals surface area (Å²) in [4.78, 5) is 15.7. The summed E-state index contributed by atoms with van der Waals surface area (Å²) in [6.45, 7) is 7.77. The first-order valence-electron chi connectivity index (χ1n) is 6.70. The van der Waals surface area contributed by atoms with E-state index in [0.29, 0.717) is 19.1 Å². The van der Waals surface area contributed by atoms with Crippen LogP contribution in [0.15, 0.2) is 0 Å². The van der Waals surface area contributed by atoms with E-state index in [2.05, 4.69) is 23.6 Å². The van der Waals surface area contributed by atoms with Crippen molar-refractivity contribution in [1.82, 2.24) is 9.80 Å². The maximum absolute atomic E-state index is 11.2. The van der Waals surface area contributed by atoms with Gasteiger partial charge in [0.1, 0.15) is 0 Å². The maximum Gasteiger partial charge on any atom is 0.309 e. The van der Waals surface area contributed by atoms with Crippen molar-refractivity contribution >= 4 is 5.97 Å². The molecule has 1 fully saturated rings. The third-order valence-corrected chi connectivity index (χ3v) is 3.58. The van der Waals surface area contributed by atoms with E-state index in [-0.39, 0.29) is 5.92 Å². The van der Waals surface area contributed by atoms with Crippen molar-refractivity contribution in [2.75, 3.05) is 33.2 Å². The normalized spacial score (nSPS) is 27.9. The van der Waals surface area contributed by atoms with Gasteiger partial charge in [0.15, 0.2) is 0 Å². The molecule has 0 spiro atoms. The number of likely N-dealkylation sites (N-methyl/N-ethyl adjacent to an activating group) is 1. The van der Waals surface area contributed by atoms with Gasteiger partial charge in [0.25, 0.3) is 0 Å². The second-order valence-corrected chi connectivity index (χ2v) is 5.31. The standard InChI is InChI=1S/C13H26N2O2/c1-4-5-6-7-15-10-12(13(16)17)9-14(3)8-11(15)2/h11-12H,4-10H2,1-3H3,(H,16,17). The third-order valence-electron chi connectivity index (χ3n) is 3.58. The predicted octanol–water partition coefficient (Wildman–Crippen LogP) is 1.51. The minimum atomic E-state index is -0.661. The molecular formula is C13H26N2O2. The van der Waals surface area contributed by atoms with Crippen LogP contribution in [0.5, 0.6) is 0 Å². The molecule has 0 amide bonds. The highest BCUT2D eigenvalue weighted by Gasteiger charge is 2.29. The van der Waals surface area contributed by atoms with Crippen LogP contribution in [0.2, 0.25) is 0 Å². The molecule has 0 aromatic heterocycles. The summed E-state index contributed by atoms with van der Waals surface area (Å²) in [7, 11) is 2.02. The topological polar surface area (TPSA) is 43.8 Å². The number of carbonyl (C=O) groups is 1. The molecule has 0 aliphatic carbocycles. The second-order valence-electron chi connectivity index (χ2n) is 5.31. The van der Waals surface area contributed by atoms with Crippen molar-refractivity contribution in [2.24, 2.45) is 5.92 Å². The monoisotopic (exact) mass is 242 g/mol. The molecule has 0 bridgehead atoms. The molecule has 1 N–H and O–H groups in total. The molecule has 4 nitrogen and oxygen atoms in total. The molecule has 1 aliphatic rings. The number of unbranched alkanes of at least 4 members (excludes halogenated alkanes) is 2. The molecule has 1 rings (SSSR count). The first kappa shape index (κ1) is 14.5. The number of rotatable bonds is 5. The van der Waals surface area contributed by atoms with Gasteiger partial charge in [-0.15, -0.1) is 0 Å². The number of hydrogen-bond acceptors (Lipinski definition) is 3. The maximum atomic E-state index is 11.2. The van der Waals surface area contributed by atoms with Gasteiger partial charge in [-0.05, 0) is 26.9 Å². The van der Waals surface area contributed by atoms with Gasteiger partial charge >= 0.3 is 5.97 Å². The van der Waals surface area contributed by atoms with Crippen LogP contribution in [0.25, 0.3) is 0 Å². The molecule has 2 atom stereocenters. The summed E-state index contributed by atoms with van der Waals surface area (Å²) < 4.78 is 0. The van der Waals surface area contributed by atoms with E-state index in [4.69, 9.17) is 0 Å². The zero-order valence-electron chi connectivity index (χ0n) is 11.4. The van der Waals surface area contributed by atoms with Gasteiger partial charge in [0.2, 0.25) is 0 Å². The molecule has 4 heteroatoms. The average molecular weight is 242 g/mol. The Balaban J connectivity index is 2.56. The van der Waals surface area contributed by atoms with Crippen LogP contribution in [0, 0.1) is 5.92 Å². The van der Waals surface area contributed by atoms with E-state index in [1.54, 1.807) is 0 Å². The number of carboxylic acid groups (broad SMARTS) is 1. The SMILES string of the molecule is CCCCCN1CC(C(=O)O)CN(C)CC1C. The van der Waals surface area contributed by atoms with Crippen molar-refractivity contribution in [1.29, 1.82) is 0 Å². The molecule has 1 saturated heterocycles. The van der Waals surface area contributed by atoms with Crippen molar-refractivity contribution in [3.8, 4) is 0 Å². The predicted molar refractivity (Wildman–Crippen MR) is 69.2 cm³/mol. The number of nitrogens with zero attached hydrogens (tertiary/aromatic N) is 2. The molecule has 1 heterocycles. The van der Waals surface area contributed by atoms with Gasteiger partial charge in [-0.1, -0.05) is 19.8 Å². The fourth-order valence-electron chi connectivity index (χ4n) is 2.57. The molecule has 17 heavy (non-hydrogen) atoms. The van der Waals surface area contributed by atoms with Crippen molar-refractivity contribution < 1.29 is 9.90 Å². The van der Waals surface area contributed by atoms with Gasteiger partial charge in [0, 0.05) is 25.7 Å². The van der Waals surface area contributed by atoms with Crippen molar-refractivity contribution in [2.45, 2.75) is 39.2 Å². The zero-order valence-corrected chi connectivity index (χ0v) is 11.4. The van der Waals surface area contributed by atoms with E-state index in [0.717, 1.165) is 13.1 Å². The quantitative estimate of drug-likeness (QED) is 0.742. The Morgan fingerprint density at radius 2 is 2.00 bits per heavy atom. The average Bonchev–Trinajstić information content (AvgIpc) is 2.38. The van der Waals surface area contributed by atoms with Crippen LogP contribution in [-0.2, 0) is 4.79 Å². The van der Waals surface area contributed by atoms with Gasteiger partial charge in [-0.25, -0.2) is 0 Å².